The van der Waals surface area contributed by atoms with Crippen LogP contribution in [0.25, 0.3) is 21.3 Å². The molecule has 0 fully saturated rings. The zero-order chi connectivity index (χ0) is 19.7. The van der Waals surface area contributed by atoms with Crippen LogP contribution >= 0.6 is 11.3 Å². The highest BCUT2D eigenvalue weighted by molar-refractivity contribution is 7.19. The van der Waals surface area contributed by atoms with Gasteiger partial charge in [-0.1, -0.05) is 30.3 Å². The van der Waals surface area contributed by atoms with E-state index in [9.17, 15) is 9.59 Å². The molecule has 0 spiro atoms. The molecule has 0 bridgehead atoms. The lowest BCUT2D eigenvalue weighted by atomic mass is 10.0. The molecule has 0 saturated heterocycles. The Bertz CT molecular complexity index is 1200. The summed E-state index contributed by atoms with van der Waals surface area (Å²) in [5.41, 5.74) is 2.03. The van der Waals surface area contributed by atoms with Crippen LogP contribution in [-0.2, 0) is 11.3 Å². The molecule has 28 heavy (non-hydrogen) atoms. The summed E-state index contributed by atoms with van der Waals surface area (Å²) in [6.45, 7) is 4.10. The van der Waals surface area contributed by atoms with Gasteiger partial charge in [-0.25, -0.2) is 9.78 Å². The van der Waals surface area contributed by atoms with Crippen molar-refractivity contribution in [3.8, 4) is 11.1 Å². The third-order valence-electron chi connectivity index (χ3n) is 4.47. The summed E-state index contributed by atoms with van der Waals surface area (Å²) >= 11 is 1.50. The zero-order valence-corrected chi connectivity index (χ0v) is 16.3. The van der Waals surface area contributed by atoms with Crippen molar-refractivity contribution in [1.82, 2.24) is 9.55 Å². The number of hydrogen-bond acceptors (Lipinski definition) is 6. The van der Waals surface area contributed by atoms with Gasteiger partial charge in [0.25, 0.3) is 5.56 Å². The number of aryl methyl sites for hydroxylation is 1. The van der Waals surface area contributed by atoms with Gasteiger partial charge in [-0.3, -0.25) is 9.36 Å². The van der Waals surface area contributed by atoms with Crippen molar-refractivity contribution in [2.24, 2.45) is 0 Å². The predicted molar refractivity (Wildman–Crippen MR) is 108 cm³/mol. The molecule has 0 aliphatic rings. The number of carbonyl (C=O) groups excluding carboxylic acids is 1. The van der Waals surface area contributed by atoms with Gasteiger partial charge in [0.1, 0.15) is 16.2 Å². The number of rotatable bonds is 5. The van der Waals surface area contributed by atoms with E-state index in [1.54, 1.807) is 13.0 Å². The maximum atomic E-state index is 13.2. The van der Waals surface area contributed by atoms with Crippen LogP contribution in [-0.4, -0.2) is 22.1 Å². The van der Waals surface area contributed by atoms with E-state index in [2.05, 4.69) is 4.98 Å². The predicted octanol–water partition coefficient (Wildman–Crippen LogP) is 4.25. The third kappa shape index (κ3) is 3.14. The van der Waals surface area contributed by atoms with E-state index in [-0.39, 0.29) is 18.7 Å². The molecule has 142 valence electrons. The highest BCUT2D eigenvalue weighted by Gasteiger charge is 2.20. The van der Waals surface area contributed by atoms with Gasteiger partial charge in [-0.15, -0.1) is 11.3 Å². The van der Waals surface area contributed by atoms with Crippen molar-refractivity contribution in [2.75, 3.05) is 6.61 Å². The van der Waals surface area contributed by atoms with Gasteiger partial charge < -0.3 is 9.15 Å². The average molecular weight is 394 g/mol. The molecule has 0 saturated carbocycles. The van der Waals surface area contributed by atoms with Gasteiger partial charge in [0, 0.05) is 10.4 Å². The SMILES string of the molecule is CCOC(=O)c1ccoc1Cn1cnc2sc(C)c(-c3ccccc3)c2c1=O. The van der Waals surface area contributed by atoms with E-state index in [0.29, 0.717) is 21.5 Å². The molecule has 3 aromatic heterocycles. The minimum absolute atomic E-state index is 0.103. The maximum Gasteiger partial charge on any atom is 0.341 e. The summed E-state index contributed by atoms with van der Waals surface area (Å²) in [4.78, 5) is 31.5. The van der Waals surface area contributed by atoms with Crippen molar-refractivity contribution < 1.29 is 13.9 Å². The molecular weight excluding hydrogens is 376 g/mol. The van der Waals surface area contributed by atoms with Gasteiger partial charge in [0.15, 0.2) is 0 Å². The van der Waals surface area contributed by atoms with Crippen LogP contribution in [0, 0.1) is 6.92 Å². The molecule has 3 heterocycles. The number of thiophene rings is 1. The van der Waals surface area contributed by atoms with Gasteiger partial charge >= 0.3 is 5.97 Å². The second-order valence-electron chi connectivity index (χ2n) is 6.23. The van der Waals surface area contributed by atoms with E-state index in [4.69, 9.17) is 9.15 Å². The van der Waals surface area contributed by atoms with E-state index >= 15 is 0 Å². The molecule has 0 aliphatic heterocycles. The average Bonchev–Trinajstić information content (AvgIpc) is 3.29. The monoisotopic (exact) mass is 394 g/mol. The zero-order valence-electron chi connectivity index (χ0n) is 15.5. The minimum atomic E-state index is -0.468. The van der Waals surface area contributed by atoms with E-state index in [0.717, 1.165) is 16.0 Å². The summed E-state index contributed by atoms with van der Waals surface area (Å²) in [6.07, 6.45) is 2.91. The molecule has 4 rings (SSSR count). The van der Waals surface area contributed by atoms with E-state index < -0.39 is 5.97 Å². The van der Waals surface area contributed by atoms with Gasteiger partial charge in [0.2, 0.25) is 0 Å². The summed E-state index contributed by atoms with van der Waals surface area (Å²) in [5, 5.41) is 0.584. The number of fused-ring (bicyclic) bond motifs is 1. The first-order chi connectivity index (χ1) is 13.6. The van der Waals surface area contributed by atoms with Crippen molar-refractivity contribution >= 4 is 27.5 Å². The number of furan rings is 1. The molecule has 0 amide bonds. The van der Waals surface area contributed by atoms with Gasteiger partial charge in [-0.2, -0.15) is 0 Å². The topological polar surface area (TPSA) is 74.3 Å². The largest absolute Gasteiger partial charge is 0.467 e. The van der Waals surface area contributed by atoms with Crippen molar-refractivity contribution in [2.45, 2.75) is 20.4 Å². The number of carbonyl (C=O) groups is 1. The standard InChI is InChI=1S/C21H18N2O4S/c1-3-26-21(25)15-9-10-27-16(15)11-23-12-22-19-18(20(23)24)17(13(2)28-19)14-7-5-4-6-8-14/h4-10,12H,3,11H2,1-2H3. The van der Waals surface area contributed by atoms with Gasteiger partial charge in [-0.05, 0) is 25.5 Å². The number of hydrogen-bond donors (Lipinski definition) is 0. The quantitative estimate of drug-likeness (QED) is 0.473. The van der Waals surface area contributed by atoms with Crippen LogP contribution < -0.4 is 5.56 Å². The molecule has 0 aliphatic carbocycles. The second-order valence-corrected chi connectivity index (χ2v) is 7.44. The Labute approximate surface area is 165 Å². The fourth-order valence-corrected chi connectivity index (χ4v) is 4.21. The number of ether oxygens (including phenoxy) is 1. The van der Waals surface area contributed by atoms with Crippen LogP contribution in [0.4, 0.5) is 0 Å². The Morgan fingerprint density at radius 2 is 2.04 bits per heavy atom. The van der Waals surface area contributed by atoms with Crippen LogP contribution in [0.3, 0.4) is 0 Å². The van der Waals surface area contributed by atoms with Crippen LogP contribution in [0.1, 0.15) is 27.9 Å². The van der Waals surface area contributed by atoms with Crippen molar-refractivity contribution in [3.05, 3.63) is 75.5 Å². The molecule has 4 aromatic rings. The van der Waals surface area contributed by atoms with Gasteiger partial charge in [0.05, 0.1) is 31.1 Å². The maximum absolute atomic E-state index is 13.2. The minimum Gasteiger partial charge on any atom is -0.467 e. The number of benzene rings is 1. The Morgan fingerprint density at radius 1 is 1.25 bits per heavy atom. The summed E-state index contributed by atoms with van der Waals surface area (Å²) in [6, 6.07) is 11.4. The Kier molecular flexibility index (Phi) is 4.83. The Morgan fingerprint density at radius 3 is 2.79 bits per heavy atom. The molecule has 0 atom stereocenters. The molecule has 0 radical (unpaired) electrons. The lowest BCUT2D eigenvalue weighted by Gasteiger charge is -2.07. The molecule has 1 aromatic carbocycles. The Balaban J connectivity index is 1.81. The summed E-state index contributed by atoms with van der Waals surface area (Å²) in [5.74, 6) is -0.0976. The fourth-order valence-electron chi connectivity index (χ4n) is 3.21. The first-order valence-electron chi connectivity index (χ1n) is 8.87. The van der Waals surface area contributed by atoms with Crippen molar-refractivity contribution in [1.29, 1.82) is 0 Å². The van der Waals surface area contributed by atoms with Crippen LogP contribution in [0.2, 0.25) is 0 Å². The normalized spacial score (nSPS) is 11.1. The summed E-state index contributed by atoms with van der Waals surface area (Å²) < 4.78 is 11.9. The van der Waals surface area contributed by atoms with Crippen molar-refractivity contribution in [3.63, 3.8) is 0 Å². The molecule has 0 N–H and O–H groups in total. The smallest absolute Gasteiger partial charge is 0.341 e. The van der Waals surface area contributed by atoms with Crippen LogP contribution in [0.5, 0.6) is 0 Å². The second kappa shape index (κ2) is 7.44. The first-order valence-corrected chi connectivity index (χ1v) is 9.69. The fraction of sp³-hybridized carbons (Fsp3) is 0.190. The van der Waals surface area contributed by atoms with Crippen LogP contribution in [0.15, 0.2) is 58.2 Å². The highest BCUT2D eigenvalue weighted by atomic mass is 32.1. The number of aromatic nitrogens is 2. The molecule has 6 nitrogen and oxygen atoms in total. The van der Waals surface area contributed by atoms with E-state index in [1.807, 2.05) is 37.3 Å². The lowest BCUT2D eigenvalue weighted by Crippen LogP contribution is -2.21. The first kappa shape index (κ1) is 18.2. The molecular formula is C21H18N2O4S. The number of esters is 1. The third-order valence-corrected chi connectivity index (χ3v) is 5.49. The lowest BCUT2D eigenvalue weighted by molar-refractivity contribution is 0.0523. The number of nitrogens with zero attached hydrogens (tertiary/aromatic N) is 2. The summed E-state index contributed by atoms with van der Waals surface area (Å²) in [7, 11) is 0. The Hall–Kier alpha value is -3.19. The van der Waals surface area contributed by atoms with E-state index in [1.165, 1.54) is 28.5 Å². The molecule has 0 unspecified atom stereocenters. The highest BCUT2D eigenvalue weighted by Crippen LogP contribution is 2.35. The molecule has 7 heteroatoms.